The predicted octanol–water partition coefficient (Wildman–Crippen LogP) is 4.42. The molecule has 0 bridgehead atoms. The molecule has 0 saturated carbocycles. The number of nitrogens with one attached hydrogen (secondary N) is 2. The Morgan fingerprint density at radius 2 is 1.74 bits per heavy atom. The highest BCUT2D eigenvalue weighted by atomic mass is 32.2. The van der Waals surface area contributed by atoms with Crippen LogP contribution in [-0.2, 0) is 11.3 Å². The molecular weight excluding hydrogens is 450 g/mol. The van der Waals surface area contributed by atoms with Crippen LogP contribution in [0.25, 0.3) is 11.4 Å². The second kappa shape index (κ2) is 11.3. The van der Waals surface area contributed by atoms with E-state index in [0.29, 0.717) is 17.5 Å². The SMILES string of the molecule is COc1ccc(-c2nc(SC(CC(=O)NCc3cccnc3)c3ccc(OC)cc3)n[nH]2)cc1. The molecule has 2 aromatic carbocycles. The topological polar surface area (TPSA) is 102 Å². The Morgan fingerprint density at radius 1 is 1.03 bits per heavy atom. The van der Waals surface area contributed by atoms with E-state index in [9.17, 15) is 4.79 Å². The van der Waals surface area contributed by atoms with Crippen molar-refractivity contribution in [3.8, 4) is 22.9 Å². The van der Waals surface area contributed by atoms with Crippen molar-refractivity contribution in [1.82, 2.24) is 25.5 Å². The van der Waals surface area contributed by atoms with Gasteiger partial charge >= 0.3 is 0 Å². The van der Waals surface area contributed by atoms with E-state index in [2.05, 4.69) is 25.5 Å². The molecule has 0 fully saturated rings. The maximum atomic E-state index is 12.8. The third kappa shape index (κ3) is 6.14. The van der Waals surface area contributed by atoms with Gasteiger partial charge in [0.25, 0.3) is 0 Å². The summed E-state index contributed by atoms with van der Waals surface area (Å²) in [5, 5.41) is 10.7. The van der Waals surface area contributed by atoms with Gasteiger partial charge in [0.05, 0.1) is 14.2 Å². The van der Waals surface area contributed by atoms with Crippen molar-refractivity contribution in [3.63, 3.8) is 0 Å². The number of pyridine rings is 1. The van der Waals surface area contributed by atoms with Gasteiger partial charge in [-0.05, 0) is 53.6 Å². The van der Waals surface area contributed by atoms with Crippen LogP contribution in [-0.4, -0.2) is 40.3 Å². The van der Waals surface area contributed by atoms with Crippen molar-refractivity contribution in [2.75, 3.05) is 14.2 Å². The minimum absolute atomic E-state index is 0.0666. The molecule has 0 spiro atoms. The molecule has 0 aliphatic rings. The molecule has 34 heavy (non-hydrogen) atoms. The van der Waals surface area contributed by atoms with E-state index in [1.165, 1.54) is 11.8 Å². The summed E-state index contributed by atoms with van der Waals surface area (Å²) >= 11 is 1.44. The Hall–Kier alpha value is -3.85. The molecule has 2 N–H and O–H groups in total. The second-order valence-electron chi connectivity index (χ2n) is 7.42. The highest BCUT2D eigenvalue weighted by Crippen LogP contribution is 2.37. The van der Waals surface area contributed by atoms with Crippen molar-refractivity contribution < 1.29 is 14.3 Å². The van der Waals surface area contributed by atoms with Crippen LogP contribution in [0.15, 0.2) is 78.2 Å². The maximum absolute atomic E-state index is 12.8. The average molecular weight is 476 g/mol. The minimum Gasteiger partial charge on any atom is -0.497 e. The third-order valence-corrected chi connectivity index (χ3v) is 6.26. The summed E-state index contributed by atoms with van der Waals surface area (Å²) in [7, 11) is 3.26. The number of benzene rings is 2. The molecule has 1 unspecified atom stereocenters. The molecule has 4 aromatic rings. The second-order valence-corrected chi connectivity index (χ2v) is 8.59. The molecule has 2 heterocycles. The summed E-state index contributed by atoms with van der Waals surface area (Å²) in [6.07, 6.45) is 3.72. The van der Waals surface area contributed by atoms with Crippen LogP contribution >= 0.6 is 11.8 Å². The molecule has 0 radical (unpaired) electrons. The molecule has 1 amide bonds. The standard InChI is InChI=1S/C25H25N5O3S/c1-32-20-9-5-18(6-10-20)22(14-23(31)27-16-17-4-3-13-26-15-17)34-25-28-24(29-30-25)19-7-11-21(33-2)12-8-19/h3-13,15,22H,14,16H2,1-2H3,(H,27,31)(H,28,29,30). The van der Waals surface area contributed by atoms with E-state index in [0.717, 1.165) is 28.2 Å². The maximum Gasteiger partial charge on any atom is 0.221 e. The normalized spacial score (nSPS) is 11.6. The predicted molar refractivity (Wildman–Crippen MR) is 131 cm³/mol. The first kappa shape index (κ1) is 23.3. The lowest BCUT2D eigenvalue weighted by molar-refractivity contribution is -0.121. The first-order valence-electron chi connectivity index (χ1n) is 10.7. The van der Waals surface area contributed by atoms with E-state index in [1.54, 1.807) is 26.6 Å². The number of hydrogen-bond acceptors (Lipinski definition) is 7. The van der Waals surface area contributed by atoms with Crippen molar-refractivity contribution in [3.05, 3.63) is 84.2 Å². The monoisotopic (exact) mass is 475 g/mol. The van der Waals surface area contributed by atoms with Crippen LogP contribution < -0.4 is 14.8 Å². The van der Waals surface area contributed by atoms with Crippen molar-refractivity contribution in [1.29, 1.82) is 0 Å². The van der Waals surface area contributed by atoms with E-state index in [1.807, 2.05) is 60.7 Å². The van der Waals surface area contributed by atoms with Crippen molar-refractivity contribution in [2.24, 2.45) is 0 Å². The van der Waals surface area contributed by atoms with Gasteiger partial charge < -0.3 is 14.8 Å². The Labute approximate surface area is 202 Å². The van der Waals surface area contributed by atoms with E-state index >= 15 is 0 Å². The lowest BCUT2D eigenvalue weighted by Crippen LogP contribution is -2.24. The van der Waals surface area contributed by atoms with Gasteiger partial charge in [0, 0.05) is 36.2 Å². The van der Waals surface area contributed by atoms with Crippen LogP contribution in [0.2, 0.25) is 0 Å². The average Bonchev–Trinajstić information content (AvgIpc) is 3.36. The van der Waals surface area contributed by atoms with Crippen LogP contribution in [0, 0.1) is 0 Å². The number of carbonyl (C=O) groups is 1. The highest BCUT2D eigenvalue weighted by Gasteiger charge is 2.20. The van der Waals surface area contributed by atoms with Gasteiger partial charge in [0.15, 0.2) is 5.82 Å². The zero-order valence-corrected chi connectivity index (χ0v) is 19.7. The highest BCUT2D eigenvalue weighted by molar-refractivity contribution is 7.99. The Morgan fingerprint density at radius 3 is 2.38 bits per heavy atom. The quantitative estimate of drug-likeness (QED) is 0.327. The molecule has 0 saturated heterocycles. The number of aromatic nitrogens is 4. The largest absolute Gasteiger partial charge is 0.497 e. The summed E-state index contributed by atoms with van der Waals surface area (Å²) in [5.41, 5.74) is 2.83. The van der Waals surface area contributed by atoms with Crippen molar-refractivity contribution in [2.45, 2.75) is 23.4 Å². The van der Waals surface area contributed by atoms with Gasteiger partial charge in [-0.2, -0.15) is 0 Å². The number of methoxy groups -OCH3 is 2. The molecule has 1 atom stereocenters. The molecule has 0 aliphatic carbocycles. The molecule has 0 aliphatic heterocycles. The zero-order chi connectivity index (χ0) is 23.8. The number of ether oxygens (including phenoxy) is 2. The van der Waals surface area contributed by atoms with Gasteiger partial charge in [-0.3, -0.25) is 14.9 Å². The molecule has 2 aromatic heterocycles. The number of aromatic amines is 1. The van der Waals surface area contributed by atoms with Crippen LogP contribution in [0.1, 0.15) is 22.8 Å². The summed E-state index contributed by atoms with van der Waals surface area (Å²) in [5.74, 6) is 2.12. The number of amides is 1. The Bertz CT molecular complexity index is 1200. The first-order chi connectivity index (χ1) is 16.6. The number of carbonyl (C=O) groups excluding carboxylic acids is 1. The van der Waals surface area contributed by atoms with Crippen LogP contribution in [0.3, 0.4) is 0 Å². The van der Waals surface area contributed by atoms with E-state index < -0.39 is 0 Å². The molecule has 4 rings (SSSR count). The zero-order valence-electron chi connectivity index (χ0n) is 18.9. The number of nitrogens with zero attached hydrogens (tertiary/aromatic N) is 3. The van der Waals surface area contributed by atoms with Gasteiger partial charge in [-0.1, -0.05) is 30.0 Å². The summed E-state index contributed by atoms with van der Waals surface area (Å²) in [6.45, 7) is 0.426. The summed E-state index contributed by atoms with van der Waals surface area (Å²) < 4.78 is 10.5. The Balaban J connectivity index is 1.48. The molecular formula is C25H25N5O3S. The molecule has 9 heteroatoms. The van der Waals surface area contributed by atoms with Crippen LogP contribution in [0.5, 0.6) is 11.5 Å². The van der Waals surface area contributed by atoms with Crippen LogP contribution in [0.4, 0.5) is 0 Å². The third-order valence-electron chi connectivity index (χ3n) is 5.15. The molecule has 174 valence electrons. The van der Waals surface area contributed by atoms with Gasteiger partial charge in [0.1, 0.15) is 11.5 Å². The fraction of sp³-hybridized carbons (Fsp3) is 0.200. The summed E-state index contributed by atoms with van der Waals surface area (Å²) in [6, 6.07) is 19.0. The minimum atomic E-state index is -0.181. The summed E-state index contributed by atoms with van der Waals surface area (Å²) in [4.78, 5) is 21.5. The van der Waals surface area contributed by atoms with E-state index in [-0.39, 0.29) is 17.6 Å². The number of hydrogen-bond donors (Lipinski definition) is 2. The fourth-order valence-electron chi connectivity index (χ4n) is 3.29. The van der Waals surface area contributed by atoms with Gasteiger partial charge in [-0.25, -0.2) is 4.98 Å². The molecule has 8 nitrogen and oxygen atoms in total. The number of rotatable bonds is 10. The van der Waals surface area contributed by atoms with Gasteiger partial charge in [0.2, 0.25) is 11.1 Å². The van der Waals surface area contributed by atoms with Crippen molar-refractivity contribution >= 4 is 17.7 Å². The first-order valence-corrected chi connectivity index (χ1v) is 11.6. The lowest BCUT2D eigenvalue weighted by Gasteiger charge is -2.16. The van der Waals surface area contributed by atoms with Gasteiger partial charge in [-0.15, -0.1) is 5.10 Å². The fourth-order valence-corrected chi connectivity index (χ4v) is 4.32. The van der Waals surface area contributed by atoms with E-state index in [4.69, 9.17) is 9.47 Å². The Kier molecular flexibility index (Phi) is 7.77. The number of thioether (sulfide) groups is 1. The lowest BCUT2D eigenvalue weighted by atomic mass is 10.1. The number of H-pyrrole nitrogens is 1. The smallest absolute Gasteiger partial charge is 0.221 e.